The van der Waals surface area contributed by atoms with Crippen LogP contribution in [0.3, 0.4) is 0 Å². The van der Waals surface area contributed by atoms with E-state index in [1.807, 2.05) is 0 Å². The van der Waals surface area contributed by atoms with Crippen LogP contribution in [0.4, 0.5) is 0 Å². The Kier molecular flexibility index (Phi) is 9.68. The highest BCUT2D eigenvalue weighted by Gasteiger charge is 2.21. The fourth-order valence-corrected chi connectivity index (χ4v) is 2.91. The van der Waals surface area contributed by atoms with E-state index < -0.39 is 0 Å². The molecule has 1 unspecified atom stereocenters. The summed E-state index contributed by atoms with van der Waals surface area (Å²) < 4.78 is 0. The summed E-state index contributed by atoms with van der Waals surface area (Å²) in [5.74, 6) is 0.910. The van der Waals surface area contributed by atoms with Crippen LogP contribution in [-0.2, 0) is 4.79 Å². The number of nitrogens with two attached hydrogens (primary N) is 1. The topological polar surface area (TPSA) is 49.6 Å². The van der Waals surface area contributed by atoms with Gasteiger partial charge in [-0.1, -0.05) is 46.0 Å². The summed E-state index contributed by atoms with van der Waals surface area (Å²) in [4.78, 5) is 16.6. The summed E-state index contributed by atoms with van der Waals surface area (Å²) in [5.41, 5.74) is 5.67. The molecule has 1 rings (SSSR count). The van der Waals surface area contributed by atoms with E-state index in [2.05, 4.69) is 23.6 Å². The van der Waals surface area contributed by atoms with Crippen LogP contribution in [0.15, 0.2) is 0 Å². The second-order valence-corrected chi connectivity index (χ2v) is 6.54. The Hall–Kier alpha value is -0.610. The van der Waals surface area contributed by atoms with Crippen molar-refractivity contribution in [1.29, 1.82) is 0 Å². The van der Waals surface area contributed by atoms with E-state index in [0.717, 1.165) is 52.1 Å². The average Bonchev–Trinajstić information content (AvgIpc) is 2.51. The molecule has 0 aromatic rings. The fourth-order valence-electron chi connectivity index (χ4n) is 2.91. The van der Waals surface area contributed by atoms with Gasteiger partial charge >= 0.3 is 0 Å². The third kappa shape index (κ3) is 7.82. The predicted molar refractivity (Wildman–Crippen MR) is 89.2 cm³/mol. The van der Waals surface area contributed by atoms with Gasteiger partial charge in [0.1, 0.15) is 0 Å². The Morgan fingerprint density at radius 1 is 1.05 bits per heavy atom. The van der Waals surface area contributed by atoms with Crippen LogP contribution in [0.5, 0.6) is 0 Å². The van der Waals surface area contributed by atoms with Gasteiger partial charge in [0.05, 0.1) is 0 Å². The van der Waals surface area contributed by atoms with Crippen LogP contribution >= 0.6 is 0 Å². The number of rotatable bonds is 10. The van der Waals surface area contributed by atoms with E-state index in [1.54, 1.807) is 0 Å². The third-order valence-electron chi connectivity index (χ3n) is 4.44. The minimum atomic E-state index is 0.358. The molecule has 4 nitrogen and oxygen atoms in total. The molecule has 0 spiro atoms. The maximum atomic E-state index is 12.2. The Morgan fingerprint density at radius 2 is 1.67 bits per heavy atom. The van der Waals surface area contributed by atoms with Crippen LogP contribution in [0.1, 0.15) is 58.8 Å². The number of amides is 1. The molecule has 124 valence electrons. The molecule has 0 saturated carbocycles. The van der Waals surface area contributed by atoms with Gasteiger partial charge in [-0.3, -0.25) is 9.69 Å². The molecule has 4 heteroatoms. The van der Waals surface area contributed by atoms with Crippen LogP contribution < -0.4 is 5.73 Å². The van der Waals surface area contributed by atoms with Gasteiger partial charge in [0.15, 0.2) is 0 Å². The molecule has 21 heavy (non-hydrogen) atoms. The van der Waals surface area contributed by atoms with Crippen molar-refractivity contribution in [1.82, 2.24) is 9.80 Å². The number of hydrogen-bond donors (Lipinski definition) is 1. The molecule has 0 aromatic heterocycles. The number of nitrogens with zero attached hydrogens (tertiary/aromatic N) is 2. The number of hydrogen-bond acceptors (Lipinski definition) is 3. The first-order chi connectivity index (χ1) is 10.2. The molecular weight excluding hydrogens is 262 g/mol. The lowest BCUT2D eigenvalue weighted by Gasteiger charge is -2.35. The molecule has 1 fully saturated rings. The molecule has 1 heterocycles. The van der Waals surface area contributed by atoms with Gasteiger partial charge in [-0.25, -0.2) is 0 Å². The predicted octanol–water partition coefficient (Wildman–Crippen LogP) is 2.48. The molecule has 1 aliphatic rings. The smallest absolute Gasteiger partial charge is 0.222 e. The largest absolute Gasteiger partial charge is 0.340 e. The Labute approximate surface area is 131 Å². The fraction of sp³-hybridized carbons (Fsp3) is 0.941. The van der Waals surface area contributed by atoms with E-state index in [0.29, 0.717) is 11.8 Å². The number of carbonyl (C=O) groups excluding carboxylic acids is 1. The first kappa shape index (κ1) is 18.4. The van der Waals surface area contributed by atoms with Crippen molar-refractivity contribution >= 4 is 5.91 Å². The van der Waals surface area contributed by atoms with E-state index in [4.69, 9.17) is 5.73 Å². The summed E-state index contributed by atoms with van der Waals surface area (Å²) in [7, 11) is 0. The lowest BCUT2D eigenvalue weighted by Crippen LogP contribution is -2.50. The number of carbonyl (C=O) groups is 1. The normalized spacial score (nSPS) is 18.0. The molecule has 1 atom stereocenters. The quantitative estimate of drug-likeness (QED) is 0.630. The van der Waals surface area contributed by atoms with Gasteiger partial charge in [-0.15, -0.1) is 0 Å². The van der Waals surface area contributed by atoms with Crippen molar-refractivity contribution in [2.75, 3.05) is 39.3 Å². The molecule has 1 aliphatic heterocycles. The lowest BCUT2D eigenvalue weighted by molar-refractivity contribution is -0.133. The van der Waals surface area contributed by atoms with E-state index >= 15 is 0 Å². The van der Waals surface area contributed by atoms with Crippen LogP contribution in [-0.4, -0.2) is 55.0 Å². The van der Waals surface area contributed by atoms with E-state index in [9.17, 15) is 4.79 Å². The van der Waals surface area contributed by atoms with Crippen molar-refractivity contribution in [3.63, 3.8) is 0 Å². The third-order valence-corrected chi connectivity index (χ3v) is 4.44. The highest BCUT2D eigenvalue weighted by Crippen LogP contribution is 2.10. The van der Waals surface area contributed by atoms with Crippen molar-refractivity contribution in [3.05, 3.63) is 0 Å². The highest BCUT2D eigenvalue weighted by atomic mass is 16.2. The van der Waals surface area contributed by atoms with Crippen LogP contribution in [0.2, 0.25) is 0 Å². The molecule has 0 bridgehead atoms. The summed E-state index contributed by atoms with van der Waals surface area (Å²) >= 11 is 0. The van der Waals surface area contributed by atoms with Crippen LogP contribution in [0.25, 0.3) is 0 Å². The minimum Gasteiger partial charge on any atom is -0.340 e. The molecule has 1 amide bonds. The highest BCUT2D eigenvalue weighted by molar-refractivity contribution is 5.76. The zero-order valence-corrected chi connectivity index (χ0v) is 14.1. The molecule has 0 aromatic carbocycles. The monoisotopic (exact) mass is 297 g/mol. The average molecular weight is 297 g/mol. The van der Waals surface area contributed by atoms with Crippen molar-refractivity contribution in [2.45, 2.75) is 58.8 Å². The number of piperazine rings is 1. The van der Waals surface area contributed by atoms with Gasteiger partial charge in [0.2, 0.25) is 5.91 Å². The SMILES string of the molecule is CCCCCCCCC(=O)N1CCN(CC(C)CN)CC1. The zero-order chi connectivity index (χ0) is 15.5. The first-order valence-electron chi connectivity index (χ1n) is 8.87. The van der Waals surface area contributed by atoms with Gasteiger partial charge in [-0.05, 0) is 18.9 Å². The summed E-state index contributed by atoms with van der Waals surface area (Å²) in [6.07, 6.45) is 8.23. The standard InChI is InChI=1S/C17H35N3O/c1-3-4-5-6-7-8-9-17(21)20-12-10-19(11-13-20)15-16(2)14-18/h16H,3-15,18H2,1-2H3. The molecular formula is C17H35N3O. The first-order valence-corrected chi connectivity index (χ1v) is 8.87. The van der Waals surface area contributed by atoms with E-state index in [1.165, 1.54) is 32.1 Å². The Bertz CT molecular complexity index is 275. The summed E-state index contributed by atoms with van der Waals surface area (Å²) in [5, 5.41) is 0. The Balaban J connectivity index is 2.08. The molecule has 1 saturated heterocycles. The lowest BCUT2D eigenvalue weighted by atomic mass is 10.1. The van der Waals surface area contributed by atoms with Gasteiger partial charge in [0.25, 0.3) is 0 Å². The summed E-state index contributed by atoms with van der Waals surface area (Å²) in [6, 6.07) is 0. The molecule has 2 N–H and O–H groups in total. The second kappa shape index (κ2) is 11.0. The maximum absolute atomic E-state index is 12.2. The van der Waals surface area contributed by atoms with Gasteiger partial charge in [-0.2, -0.15) is 0 Å². The van der Waals surface area contributed by atoms with Crippen molar-refractivity contribution in [2.24, 2.45) is 11.7 Å². The maximum Gasteiger partial charge on any atom is 0.222 e. The zero-order valence-electron chi connectivity index (χ0n) is 14.1. The Morgan fingerprint density at radius 3 is 2.29 bits per heavy atom. The van der Waals surface area contributed by atoms with Crippen molar-refractivity contribution < 1.29 is 4.79 Å². The van der Waals surface area contributed by atoms with Gasteiger partial charge < -0.3 is 10.6 Å². The minimum absolute atomic E-state index is 0.358. The van der Waals surface area contributed by atoms with Crippen molar-refractivity contribution in [3.8, 4) is 0 Å². The molecule has 0 radical (unpaired) electrons. The summed E-state index contributed by atoms with van der Waals surface area (Å²) in [6.45, 7) is 10.0. The van der Waals surface area contributed by atoms with Crippen LogP contribution in [0, 0.1) is 5.92 Å². The van der Waals surface area contributed by atoms with E-state index in [-0.39, 0.29) is 0 Å². The number of unbranched alkanes of at least 4 members (excludes halogenated alkanes) is 5. The second-order valence-electron chi connectivity index (χ2n) is 6.54. The van der Waals surface area contributed by atoms with Gasteiger partial charge in [0, 0.05) is 39.1 Å². The molecule has 0 aliphatic carbocycles.